The van der Waals surface area contributed by atoms with Crippen molar-refractivity contribution in [1.29, 1.82) is 0 Å². The molecule has 0 fully saturated rings. The highest BCUT2D eigenvalue weighted by molar-refractivity contribution is 7.89. The Kier molecular flexibility index (Phi) is 4.71. The maximum absolute atomic E-state index is 12.7. The first kappa shape index (κ1) is 16.0. The van der Waals surface area contributed by atoms with Crippen molar-refractivity contribution >= 4 is 21.6 Å². The molecule has 112 valence electrons. The van der Waals surface area contributed by atoms with Crippen LogP contribution in [-0.2, 0) is 10.0 Å². The van der Waals surface area contributed by atoms with Gasteiger partial charge in [0.05, 0.1) is 4.90 Å². The summed E-state index contributed by atoms with van der Waals surface area (Å²) in [6.45, 7) is 3.75. The summed E-state index contributed by atoms with van der Waals surface area (Å²) in [7, 11) is -1.97. The van der Waals surface area contributed by atoms with Crippen LogP contribution >= 0.6 is 11.6 Å². The molecule has 0 bridgehead atoms. The molecule has 0 saturated heterocycles. The lowest BCUT2D eigenvalue weighted by Crippen LogP contribution is -2.30. The fourth-order valence-electron chi connectivity index (χ4n) is 2.09. The molecule has 1 atom stereocenters. The van der Waals surface area contributed by atoms with Crippen LogP contribution < -0.4 is 0 Å². The van der Waals surface area contributed by atoms with E-state index in [1.807, 2.05) is 32.0 Å². The standard InChI is InChI=1S/C16H18ClNO2S/c1-12-8-10-14(11-9-12)21(19,20)18(3)13(2)15-6-4-5-7-16(15)17/h4-11,13H,1-3H3. The topological polar surface area (TPSA) is 37.4 Å². The van der Waals surface area contributed by atoms with Crippen LogP contribution in [0.3, 0.4) is 0 Å². The minimum absolute atomic E-state index is 0.287. The van der Waals surface area contributed by atoms with Crippen LogP contribution in [-0.4, -0.2) is 19.8 Å². The summed E-state index contributed by atoms with van der Waals surface area (Å²) in [5.74, 6) is 0. The SMILES string of the molecule is Cc1ccc(S(=O)(=O)N(C)C(C)c2ccccc2Cl)cc1. The van der Waals surface area contributed by atoms with Gasteiger partial charge < -0.3 is 0 Å². The molecule has 2 rings (SSSR count). The lowest BCUT2D eigenvalue weighted by molar-refractivity contribution is 0.398. The third-order valence-corrected chi connectivity index (χ3v) is 5.89. The third-order valence-electron chi connectivity index (χ3n) is 3.60. The molecular formula is C16H18ClNO2S. The number of hydrogen-bond acceptors (Lipinski definition) is 2. The Morgan fingerprint density at radius 1 is 1.05 bits per heavy atom. The van der Waals surface area contributed by atoms with Crippen molar-refractivity contribution in [2.75, 3.05) is 7.05 Å². The summed E-state index contributed by atoms with van der Waals surface area (Å²) >= 11 is 6.16. The maximum Gasteiger partial charge on any atom is 0.243 e. The van der Waals surface area contributed by atoms with Crippen LogP contribution in [0, 0.1) is 6.92 Å². The largest absolute Gasteiger partial charge is 0.243 e. The summed E-state index contributed by atoms with van der Waals surface area (Å²) in [5, 5.41) is 0.566. The van der Waals surface area contributed by atoms with E-state index in [9.17, 15) is 8.42 Å². The van der Waals surface area contributed by atoms with E-state index >= 15 is 0 Å². The summed E-state index contributed by atoms with van der Waals surface area (Å²) in [6, 6.07) is 13.8. The highest BCUT2D eigenvalue weighted by Gasteiger charge is 2.27. The van der Waals surface area contributed by atoms with Crippen LogP contribution in [0.15, 0.2) is 53.4 Å². The van der Waals surface area contributed by atoms with Gasteiger partial charge in [0.15, 0.2) is 0 Å². The molecule has 0 aliphatic carbocycles. The zero-order valence-corrected chi connectivity index (χ0v) is 13.8. The summed E-state index contributed by atoms with van der Waals surface area (Å²) in [4.78, 5) is 0.287. The van der Waals surface area contributed by atoms with E-state index in [0.29, 0.717) is 5.02 Å². The first-order valence-electron chi connectivity index (χ1n) is 6.63. The van der Waals surface area contributed by atoms with E-state index in [1.54, 1.807) is 37.4 Å². The number of nitrogens with zero attached hydrogens (tertiary/aromatic N) is 1. The number of aryl methyl sites for hydroxylation is 1. The van der Waals surface area contributed by atoms with Gasteiger partial charge in [0.2, 0.25) is 10.0 Å². The predicted octanol–water partition coefficient (Wildman–Crippen LogP) is 4.03. The first-order valence-corrected chi connectivity index (χ1v) is 8.45. The zero-order chi connectivity index (χ0) is 15.6. The van der Waals surface area contributed by atoms with Gasteiger partial charge in [-0.25, -0.2) is 8.42 Å². The highest BCUT2D eigenvalue weighted by atomic mass is 35.5. The predicted molar refractivity (Wildman–Crippen MR) is 86.0 cm³/mol. The maximum atomic E-state index is 12.7. The van der Waals surface area contributed by atoms with Crippen molar-refractivity contribution in [3.63, 3.8) is 0 Å². The first-order chi connectivity index (χ1) is 9.84. The van der Waals surface area contributed by atoms with E-state index in [2.05, 4.69) is 0 Å². The Morgan fingerprint density at radius 3 is 2.19 bits per heavy atom. The second-order valence-corrected chi connectivity index (χ2v) is 7.44. The average Bonchev–Trinajstić information content (AvgIpc) is 2.46. The van der Waals surface area contributed by atoms with Gasteiger partial charge in [0, 0.05) is 18.1 Å². The molecule has 0 saturated carbocycles. The summed E-state index contributed by atoms with van der Waals surface area (Å²) in [5.41, 5.74) is 1.81. The normalized spacial score (nSPS) is 13.4. The molecule has 0 aromatic heterocycles. The van der Waals surface area contributed by atoms with Crippen LogP contribution in [0.4, 0.5) is 0 Å². The van der Waals surface area contributed by atoms with Crippen LogP contribution in [0.5, 0.6) is 0 Å². The van der Waals surface area contributed by atoms with Gasteiger partial charge in [-0.1, -0.05) is 47.5 Å². The van der Waals surface area contributed by atoms with Crippen molar-refractivity contribution in [3.8, 4) is 0 Å². The van der Waals surface area contributed by atoms with Crippen molar-refractivity contribution in [2.45, 2.75) is 24.8 Å². The monoisotopic (exact) mass is 323 g/mol. The van der Waals surface area contributed by atoms with Crippen LogP contribution in [0.1, 0.15) is 24.1 Å². The molecule has 5 heteroatoms. The summed E-state index contributed by atoms with van der Waals surface area (Å²) < 4.78 is 26.7. The lowest BCUT2D eigenvalue weighted by Gasteiger charge is -2.25. The number of rotatable bonds is 4. The van der Waals surface area contributed by atoms with Gasteiger partial charge in [-0.2, -0.15) is 4.31 Å². The molecule has 0 spiro atoms. The van der Waals surface area contributed by atoms with E-state index in [4.69, 9.17) is 11.6 Å². The lowest BCUT2D eigenvalue weighted by atomic mass is 10.1. The van der Waals surface area contributed by atoms with Crippen LogP contribution in [0.2, 0.25) is 5.02 Å². The molecule has 0 amide bonds. The molecule has 0 heterocycles. The Morgan fingerprint density at radius 2 is 1.62 bits per heavy atom. The second-order valence-electron chi connectivity index (χ2n) is 5.03. The van der Waals surface area contributed by atoms with E-state index in [0.717, 1.165) is 11.1 Å². The van der Waals surface area contributed by atoms with Crippen molar-refractivity contribution in [1.82, 2.24) is 4.31 Å². The molecule has 0 N–H and O–H groups in total. The van der Waals surface area contributed by atoms with Crippen molar-refractivity contribution in [2.24, 2.45) is 0 Å². The number of halogens is 1. The van der Waals surface area contributed by atoms with E-state index < -0.39 is 10.0 Å². The number of sulfonamides is 1. The van der Waals surface area contributed by atoms with Gasteiger partial charge >= 0.3 is 0 Å². The van der Waals surface area contributed by atoms with Crippen molar-refractivity contribution < 1.29 is 8.42 Å². The molecule has 0 aliphatic rings. The highest BCUT2D eigenvalue weighted by Crippen LogP contribution is 2.30. The smallest absolute Gasteiger partial charge is 0.207 e. The van der Waals surface area contributed by atoms with Crippen molar-refractivity contribution in [3.05, 3.63) is 64.7 Å². The number of hydrogen-bond donors (Lipinski definition) is 0. The second kappa shape index (κ2) is 6.18. The van der Waals surface area contributed by atoms with E-state index in [1.165, 1.54) is 4.31 Å². The van der Waals surface area contributed by atoms with Gasteiger partial charge in [-0.05, 0) is 37.6 Å². The van der Waals surface area contributed by atoms with Gasteiger partial charge in [-0.15, -0.1) is 0 Å². The third kappa shape index (κ3) is 3.28. The molecule has 0 radical (unpaired) electrons. The molecule has 0 aliphatic heterocycles. The molecule has 2 aromatic rings. The zero-order valence-electron chi connectivity index (χ0n) is 12.2. The van der Waals surface area contributed by atoms with Gasteiger partial charge in [0.25, 0.3) is 0 Å². The molecule has 3 nitrogen and oxygen atoms in total. The van der Waals surface area contributed by atoms with Gasteiger partial charge in [0.1, 0.15) is 0 Å². The molecule has 1 unspecified atom stereocenters. The Labute approximate surface area is 131 Å². The minimum Gasteiger partial charge on any atom is -0.207 e. The van der Waals surface area contributed by atoms with Gasteiger partial charge in [-0.3, -0.25) is 0 Å². The average molecular weight is 324 g/mol. The Bertz CT molecular complexity index is 726. The minimum atomic E-state index is -3.55. The number of benzene rings is 2. The molecule has 2 aromatic carbocycles. The fraction of sp³-hybridized carbons (Fsp3) is 0.250. The quantitative estimate of drug-likeness (QED) is 0.852. The summed E-state index contributed by atoms with van der Waals surface area (Å²) in [6.07, 6.45) is 0. The van der Waals surface area contributed by atoms with Crippen LogP contribution in [0.25, 0.3) is 0 Å². The Hall–Kier alpha value is -1.36. The Balaban J connectivity index is 2.36. The fourth-order valence-corrected chi connectivity index (χ4v) is 3.73. The van der Waals surface area contributed by atoms with E-state index in [-0.39, 0.29) is 10.9 Å². The molecular weight excluding hydrogens is 306 g/mol. The molecule has 21 heavy (non-hydrogen) atoms.